The van der Waals surface area contributed by atoms with Gasteiger partial charge in [-0.05, 0) is 97.3 Å². The quantitative estimate of drug-likeness (QED) is 0.642. The van der Waals surface area contributed by atoms with E-state index in [0.717, 1.165) is 37.4 Å². The van der Waals surface area contributed by atoms with Gasteiger partial charge >= 0.3 is 0 Å². The number of hydrogen-bond acceptors (Lipinski definition) is 3. The number of fused-ring (bicyclic) bond motifs is 5. The van der Waals surface area contributed by atoms with Gasteiger partial charge in [-0.1, -0.05) is 20.8 Å². The summed E-state index contributed by atoms with van der Waals surface area (Å²) in [6, 6.07) is 10.2. The number of ether oxygens (including phenoxy) is 1. The predicted molar refractivity (Wildman–Crippen MR) is 120 cm³/mol. The van der Waals surface area contributed by atoms with Crippen LogP contribution in [0.15, 0.2) is 24.3 Å². The Bertz CT molecular complexity index is 905. The summed E-state index contributed by atoms with van der Waals surface area (Å²) in [5.41, 5.74) is 1.29. The molecule has 4 aliphatic rings. The van der Waals surface area contributed by atoms with Crippen LogP contribution in [-0.2, 0) is 4.79 Å². The topological polar surface area (TPSA) is 53.3 Å². The van der Waals surface area contributed by atoms with Crippen LogP contribution in [0, 0.1) is 45.8 Å². The number of likely N-dealkylation sites (tertiary alicyclic amines) is 1. The van der Waals surface area contributed by atoms with Gasteiger partial charge < -0.3 is 9.64 Å². The van der Waals surface area contributed by atoms with Crippen LogP contribution in [0.3, 0.4) is 0 Å². The fraction of sp³-hybridized carbons (Fsp3) is 0.704. The molecule has 0 bridgehead atoms. The number of rotatable bonds is 2. The molecule has 4 fully saturated rings. The number of amides is 1. The maximum absolute atomic E-state index is 12.4. The second-order valence-electron chi connectivity index (χ2n) is 11.5. The van der Waals surface area contributed by atoms with Gasteiger partial charge in [0.2, 0.25) is 5.91 Å². The van der Waals surface area contributed by atoms with Crippen LogP contribution < -0.4 is 4.74 Å². The Morgan fingerprint density at radius 1 is 1.13 bits per heavy atom. The summed E-state index contributed by atoms with van der Waals surface area (Å²) in [7, 11) is 2.04. The van der Waals surface area contributed by atoms with Crippen LogP contribution in [-0.4, -0.2) is 30.0 Å². The Labute approximate surface area is 186 Å². The predicted octanol–water partition coefficient (Wildman–Crippen LogP) is 5.42. The van der Waals surface area contributed by atoms with E-state index in [-0.39, 0.29) is 11.5 Å². The molecular formula is C27H36N2O2. The fourth-order valence-electron chi connectivity index (χ4n) is 8.35. The third kappa shape index (κ3) is 3.19. The maximum atomic E-state index is 12.4. The summed E-state index contributed by atoms with van der Waals surface area (Å²) < 4.78 is 6.45. The lowest BCUT2D eigenvalue weighted by molar-refractivity contribution is -0.164. The third-order valence-electron chi connectivity index (χ3n) is 9.95. The summed E-state index contributed by atoms with van der Waals surface area (Å²) in [5.74, 6) is 4.02. The van der Waals surface area contributed by atoms with Crippen molar-refractivity contribution in [3.8, 4) is 11.8 Å². The van der Waals surface area contributed by atoms with Gasteiger partial charge in [-0.25, -0.2) is 0 Å². The maximum Gasteiger partial charge on any atom is 0.222 e. The molecule has 1 heterocycles. The van der Waals surface area contributed by atoms with Crippen molar-refractivity contribution >= 4 is 5.91 Å². The smallest absolute Gasteiger partial charge is 0.222 e. The minimum absolute atomic E-state index is 0.257. The fourth-order valence-corrected chi connectivity index (χ4v) is 8.35. The Hall–Kier alpha value is -2.02. The molecule has 4 nitrogen and oxygen atoms in total. The largest absolute Gasteiger partial charge is 0.490 e. The zero-order chi connectivity index (χ0) is 22.0. The first-order valence-electron chi connectivity index (χ1n) is 12.2. The van der Waals surface area contributed by atoms with Gasteiger partial charge in [0.1, 0.15) is 5.75 Å². The molecule has 1 aliphatic heterocycles. The van der Waals surface area contributed by atoms with Crippen molar-refractivity contribution in [1.82, 2.24) is 4.90 Å². The van der Waals surface area contributed by atoms with E-state index >= 15 is 0 Å². The van der Waals surface area contributed by atoms with Crippen molar-refractivity contribution in [2.75, 3.05) is 7.05 Å². The van der Waals surface area contributed by atoms with Crippen molar-refractivity contribution in [2.24, 2.45) is 34.5 Å². The van der Waals surface area contributed by atoms with E-state index in [4.69, 9.17) is 10.00 Å². The lowest BCUT2D eigenvalue weighted by Gasteiger charge is -2.63. The number of carbonyl (C=O) groups is 1. The van der Waals surface area contributed by atoms with Crippen LogP contribution >= 0.6 is 0 Å². The second kappa shape index (κ2) is 7.26. The molecule has 5 rings (SSSR count). The van der Waals surface area contributed by atoms with E-state index in [1.54, 1.807) is 0 Å². The van der Waals surface area contributed by atoms with Crippen LogP contribution in [0.1, 0.15) is 71.3 Å². The van der Waals surface area contributed by atoms with Crippen molar-refractivity contribution in [3.63, 3.8) is 0 Å². The highest BCUT2D eigenvalue weighted by atomic mass is 16.5. The van der Waals surface area contributed by atoms with Gasteiger partial charge in [-0.3, -0.25) is 4.79 Å². The van der Waals surface area contributed by atoms with Crippen LogP contribution in [0.5, 0.6) is 5.75 Å². The molecule has 0 spiro atoms. The number of nitrogens with zero attached hydrogens (tertiary/aromatic N) is 2. The molecule has 0 aromatic heterocycles. The molecular weight excluding hydrogens is 384 g/mol. The first-order valence-corrected chi connectivity index (χ1v) is 12.2. The van der Waals surface area contributed by atoms with Crippen molar-refractivity contribution < 1.29 is 9.53 Å². The molecule has 0 radical (unpaired) electrons. The summed E-state index contributed by atoms with van der Waals surface area (Å²) in [6.45, 7) is 7.45. The van der Waals surface area contributed by atoms with Crippen molar-refractivity contribution in [3.05, 3.63) is 29.8 Å². The number of benzene rings is 1. The van der Waals surface area contributed by atoms with E-state index in [1.807, 2.05) is 31.3 Å². The minimum Gasteiger partial charge on any atom is -0.490 e. The SMILES string of the molecule is C[C@H]1C[C@H]2N(C)C(=O)CC[C@]2(C)[C@H]2CC[C@]3(C)C[C@@H](Oc4ccc(C#N)cc4)C[C@H]3C12. The summed E-state index contributed by atoms with van der Waals surface area (Å²) in [5, 5.41) is 9.04. The van der Waals surface area contributed by atoms with Crippen LogP contribution in [0.2, 0.25) is 0 Å². The third-order valence-corrected chi connectivity index (χ3v) is 9.95. The zero-order valence-electron chi connectivity index (χ0n) is 19.4. The van der Waals surface area contributed by atoms with Crippen LogP contribution in [0.25, 0.3) is 0 Å². The highest BCUT2D eigenvalue weighted by Gasteiger charge is 2.62. The molecule has 166 valence electrons. The Morgan fingerprint density at radius 3 is 2.58 bits per heavy atom. The molecule has 3 aliphatic carbocycles. The molecule has 3 saturated carbocycles. The number of hydrogen-bond donors (Lipinski definition) is 0. The van der Waals surface area contributed by atoms with Gasteiger partial charge in [-0.15, -0.1) is 0 Å². The molecule has 1 aromatic rings. The summed E-state index contributed by atoms with van der Waals surface area (Å²) >= 11 is 0. The number of piperidine rings is 1. The van der Waals surface area contributed by atoms with E-state index in [2.05, 4.69) is 31.7 Å². The lowest BCUT2D eigenvalue weighted by atomic mass is 9.45. The van der Waals surface area contributed by atoms with E-state index < -0.39 is 0 Å². The first kappa shape index (κ1) is 20.9. The normalized spacial score (nSPS) is 44.1. The Balaban J connectivity index is 1.38. The Kier molecular flexibility index (Phi) is 4.88. The monoisotopic (exact) mass is 420 g/mol. The molecule has 1 saturated heterocycles. The highest BCUT2D eigenvalue weighted by Crippen LogP contribution is 2.66. The van der Waals surface area contributed by atoms with Gasteiger partial charge in [-0.2, -0.15) is 5.26 Å². The highest BCUT2D eigenvalue weighted by molar-refractivity contribution is 5.77. The Morgan fingerprint density at radius 2 is 1.87 bits per heavy atom. The molecule has 4 heteroatoms. The zero-order valence-corrected chi connectivity index (χ0v) is 19.4. The molecule has 1 unspecified atom stereocenters. The molecule has 1 amide bonds. The van der Waals surface area contributed by atoms with E-state index in [1.165, 1.54) is 12.8 Å². The van der Waals surface area contributed by atoms with Crippen molar-refractivity contribution in [1.29, 1.82) is 5.26 Å². The average molecular weight is 421 g/mol. The molecule has 8 atom stereocenters. The molecule has 1 aromatic carbocycles. The number of nitriles is 1. The number of carbonyl (C=O) groups excluding carboxylic acids is 1. The van der Waals surface area contributed by atoms with E-state index in [0.29, 0.717) is 47.1 Å². The second-order valence-corrected chi connectivity index (χ2v) is 11.5. The van der Waals surface area contributed by atoms with Crippen LogP contribution in [0.4, 0.5) is 0 Å². The van der Waals surface area contributed by atoms with Gasteiger partial charge in [0.25, 0.3) is 0 Å². The standard InChI is InChI=1S/C27H36N2O2/c1-17-13-23-27(3,12-10-24(30)29(23)4)21-9-11-26(2)15-20(14-22(26)25(17)21)31-19-7-5-18(16-28)6-8-19/h5-8,17,20-23,25H,9-15H2,1-4H3/t17-,20-,21-,22-,23+,25?,26+,27+/m0/s1. The summed E-state index contributed by atoms with van der Waals surface area (Å²) in [6.07, 6.45) is 8.02. The first-order chi connectivity index (χ1) is 14.7. The van der Waals surface area contributed by atoms with E-state index in [9.17, 15) is 4.79 Å². The van der Waals surface area contributed by atoms with Gasteiger partial charge in [0.05, 0.1) is 17.7 Å². The lowest BCUT2D eigenvalue weighted by Crippen LogP contribution is -2.62. The molecule has 0 N–H and O–H groups in total. The van der Waals surface area contributed by atoms with Crippen molar-refractivity contribution in [2.45, 2.75) is 77.9 Å². The molecule has 31 heavy (non-hydrogen) atoms. The minimum atomic E-state index is 0.257. The summed E-state index contributed by atoms with van der Waals surface area (Å²) in [4.78, 5) is 14.5. The van der Waals surface area contributed by atoms with Gasteiger partial charge in [0.15, 0.2) is 0 Å². The van der Waals surface area contributed by atoms with Gasteiger partial charge in [0, 0.05) is 19.5 Å². The average Bonchev–Trinajstić information content (AvgIpc) is 3.09.